The van der Waals surface area contributed by atoms with E-state index >= 15 is 4.39 Å². The molecular weight excluding hydrogens is 545 g/mol. The predicted octanol–water partition coefficient (Wildman–Crippen LogP) is 4.75. The van der Waals surface area contributed by atoms with Crippen molar-refractivity contribution in [2.24, 2.45) is 0 Å². The first kappa shape index (κ1) is 26.6. The molecule has 10 heteroatoms. The van der Waals surface area contributed by atoms with Gasteiger partial charge in [0.15, 0.2) is 0 Å². The molecule has 5 aromatic rings. The average molecular weight is 574 g/mol. The Labute approximate surface area is 247 Å². The molecule has 0 aliphatic carbocycles. The zero-order chi connectivity index (χ0) is 29.5. The number of ether oxygens (including phenoxy) is 1. The zero-order valence-electron chi connectivity index (χ0n) is 23.5. The molecule has 1 amide bonds. The van der Waals surface area contributed by atoms with Crippen LogP contribution in [-0.4, -0.2) is 65.3 Å². The number of hydrogen-bond acceptors (Lipinski definition) is 7. The van der Waals surface area contributed by atoms with Gasteiger partial charge >= 0.3 is 0 Å². The van der Waals surface area contributed by atoms with Gasteiger partial charge in [-0.15, -0.1) is 0 Å². The van der Waals surface area contributed by atoms with E-state index in [0.29, 0.717) is 29.4 Å². The Bertz CT molecular complexity index is 1900. The van der Waals surface area contributed by atoms with Crippen molar-refractivity contribution in [3.63, 3.8) is 0 Å². The fourth-order valence-electron chi connectivity index (χ4n) is 5.96. The number of fused-ring (bicyclic) bond motifs is 4. The number of piperazine rings is 1. The van der Waals surface area contributed by atoms with Crippen molar-refractivity contribution in [2.75, 3.05) is 38.2 Å². The number of halogens is 1. The minimum Gasteiger partial charge on any atom is -0.489 e. The number of aromatic amines is 1. The van der Waals surface area contributed by atoms with Gasteiger partial charge in [0.2, 0.25) is 0 Å². The van der Waals surface area contributed by atoms with Crippen LogP contribution in [0.5, 0.6) is 5.75 Å². The summed E-state index contributed by atoms with van der Waals surface area (Å²) < 4.78 is 22.1. The summed E-state index contributed by atoms with van der Waals surface area (Å²) in [6.07, 6.45) is 3.26. The Balaban J connectivity index is 1.23. The van der Waals surface area contributed by atoms with Gasteiger partial charge in [0.1, 0.15) is 23.9 Å². The van der Waals surface area contributed by atoms with Crippen LogP contribution in [0.2, 0.25) is 0 Å². The smallest absolute Gasteiger partial charge is 0.254 e. The van der Waals surface area contributed by atoms with Crippen LogP contribution in [0.3, 0.4) is 0 Å². The fraction of sp³-hybridized carbons (Fsp3) is 0.212. The third-order valence-corrected chi connectivity index (χ3v) is 8.22. The number of nitriles is 1. The van der Waals surface area contributed by atoms with Crippen LogP contribution in [-0.2, 0) is 6.54 Å². The standard InChI is InChI=1S/C33H28FN7O2/c1-40-11-12-41-23(18-40)19-43-30-14-21(5-6-29(30)41)32-27-15-26(22(16-35)13-28(27)38-39-32)24-3-2-4-25(31(24)34)33(42)37-17-20-7-9-36-10-8-20/h2-10,13-15,23H,11-12,17-19H2,1H3,(H,37,42)(H,38,39). The van der Waals surface area contributed by atoms with Gasteiger partial charge < -0.3 is 19.9 Å². The van der Waals surface area contributed by atoms with Crippen LogP contribution in [0.25, 0.3) is 33.3 Å². The molecule has 2 aliphatic heterocycles. The molecule has 214 valence electrons. The third-order valence-electron chi connectivity index (χ3n) is 8.22. The number of anilines is 1. The van der Waals surface area contributed by atoms with Crippen molar-refractivity contribution in [2.45, 2.75) is 12.6 Å². The highest BCUT2D eigenvalue weighted by molar-refractivity contribution is 5.99. The van der Waals surface area contributed by atoms with Crippen molar-refractivity contribution in [1.82, 2.24) is 25.4 Å². The minimum absolute atomic E-state index is 0.1000. The molecule has 43 heavy (non-hydrogen) atoms. The Morgan fingerprint density at radius 3 is 2.84 bits per heavy atom. The van der Waals surface area contributed by atoms with Gasteiger partial charge in [0.25, 0.3) is 5.91 Å². The van der Waals surface area contributed by atoms with Gasteiger partial charge in [-0.2, -0.15) is 10.4 Å². The van der Waals surface area contributed by atoms with E-state index in [1.165, 1.54) is 6.07 Å². The zero-order valence-corrected chi connectivity index (χ0v) is 23.5. The molecule has 0 spiro atoms. The number of amides is 1. The molecule has 2 aliphatic rings. The van der Waals surface area contributed by atoms with Crippen LogP contribution >= 0.6 is 0 Å². The van der Waals surface area contributed by atoms with E-state index in [1.54, 1.807) is 48.8 Å². The Morgan fingerprint density at radius 2 is 2.00 bits per heavy atom. The topological polar surface area (TPSA) is 110 Å². The highest BCUT2D eigenvalue weighted by Crippen LogP contribution is 2.40. The molecule has 2 N–H and O–H groups in total. The first-order chi connectivity index (χ1) is 21.0. The van der Waals surface area contributed by atoms with Gasteiger partial charge in [-0.05, 0) is 55.1 Å². The lowest BCUT2D eigenvalue weighted by Gasteiger charge is -2.44. The number of pyridine rings is 1. The molecule has 1 fully saturated rings. The van der Waals surface area contributed by atoms with Gasteiger partial charge in [-0.1, -0.05) is 18.2 Å². The van der Waals surface area contributed by atoms with Gasteiger partial charge in [-0.3, -0.25) is 14.9 Å². The van der Waals surface area contributed by atoms with E-state index in [1.807, 2.05) is 12.1 Å². The number of nitrogens with one attached hydrogen (secondary N) is 2. The van der Waals surface area contributed by atoms with Crippen molar-refractivity contribution in [3.05, 3.63) is 95.6 Å². The molecule has 0 radical (unpaired) electrons. The normalized spacial score (nSPS) is 16.2. The predicted molar refractivity (Wildman–Crippen MR) is 161 cm³/mol. The van der Waals surface area contributed by atoms with Gasteiger partial charge in [0, 0.05) is 60.6 Å². The van der Waals surface area contributed by atoms with E-state index in [9.17, 15) is 10.1 Å². The number of benzene rings is 3. The lowest BCUT2D eigenvalue weighted by Crippen LogP contribution is -2.56. The lowest BCUT2D eigenvalue weighted by molar-refractivity contribution is 0.0947. The second kappa shape index (κ2) is 10.9. The molecule has 2 aromatic heterocycles. The fourth-order valence-corrected chi connectivity index (χ4v) is 5.96. The summed E-state index contributed by atoms with van der Waals surface area (Å²) in [5, 5.41) is 21.1. The molecule has 1 atom stereocenters. The molecule has 0 saturated carbocycles. The maximum Gasteiger partial charge on any atom is 0.254 e. The second-order valence-electron chi connectivity index (χ2n) is 10.9. The summed E-state index contributed by atoms with van der Waals surface area (Å²) in [6, 6.07) is 20.2. The van der Waals surface area contributed by atoms with E-state index in [4.69, 9.17) is 4.74 Å². The van der Waals surface area contributed by atoms with Gasteiger partial charge in [-0.25, -0.2) is 4.39 Å². The Hall–Kier alpha value is -5.27. The number of aromatic nitrogens is 3. The summed E-state index contributed by atoms with van der Waals surface area (Å²) in [4.78, 5) is 21.6. The Kier molecular flexibility index (Phi) is 6.72. The number of nitrogens with zero attached hydrogens (tertiary/aromatic N) is 5. The van der Waals surface area contributed by atoms with Gasteiger partial charge in [0.05, 0.1) is 34.4 Å². The molecule has 3 aromatic carbocycles. The summed E-state index contributed by atoms with van der Waals surface area (Å²) >= 11 is 0. The molecule has 7 rings (SSSR count). The molecule has 4 heterocycles. The van der Waals surface area contributed by atoms with Crippen molar-refractivity contribution < 1.29 is 13.9 Å². The highest BCUT2D eigenvalue weighted by atomic mass is 19.1. The highest BCUT2D eigenvalue weighted by Gasteiger charge is 2.32. The maximum absolute atomic E-state index is 15.9. The average Bonchev–Trinajstić information content (AvgIpc) is 3.46. The molecular formula is C33H28FN7O2. The maximum atomic E-state index is 15.9. The number of H-pyrrole nitrogens is 1. The van der Waals surface area contributed by atoms with E-state index in [0.717, 1.165) is 47.6 Å². The van der Waals surface area contributed by atoms with E-state index in [2.05, 4.69) is 49.5 Å². The molecule has 9 nitrogen and oxygen atoms in total. The second-order valence-corrected chi connectivity index (χ2v) is 10.9. The monoisotopic (exact) mass is 573 g/mol. The summed E-state index contributed by atoms with van der Waals surface area (Å²) in [7, 11) is 2.13. The first-order valence-electron chi connectivity index (χ1n) is 14.1. The number of likely N-dealkylation sites (N-methyl/N-ethyl adjacent to an activating group) is 1. The quantitative estimate of drug-likeness (QED) is 0.312. The summed E-state index contributed by atoms with van der Waals surface area (Å²) in [6.45, 7) is 3.74. The summed E-state index contributed by atoms with van der Waals surface area (Å²) in [5.41, 5.74) is 4.80. The SMILES string of the molecule is CN1CCN2c3ccc(-c4n[nH]c5cc(C#N)c(-c6cccc(C(=O)NCc7ccncc7)c6F)cc45)cc3OCC2C1. The first-order valence-corrected chi connectivity index (χ1v) is 14.1. The van der Waals surface area contributed by atoms with Crippen molar-refractivity contribution in [1.29, 1.82) is 5.26 Å². The van der Waals surface area contributed by atoms with Crippen LogP contribution in [0, 0.1) is 17.1 Å². The van der Waals surface area contributed by atoms with Crippen molar-refractivity contribution >= 4 is 22.5 Å². The summed E-state index contributed by atoms with van der Waals surface area (Å²) in [5.74, 6) is -0.434. The van der Waals surface area contributed by atoms with Crippen LogP contribution in [0.4, 0.5) is 10.1 Å². The number of hydrogen-bond donors (Lipinski definition) is 2. The van der Waals surface area contributed by atoms with E-state index in [-0.39, 0.29) is 23.2 Å². The third kappa shape index (κ3) is 4.83. The minimum atomic E-state index is -0.695. The lowest BCUT2D eigenvalue weighted by atomic mass is 9.94. The number of rotatable bonds is 5. The van der Waals surface area contributed by atoms with Crippen molar-refractivity contribution in [3.8, 4) is 34.2 Å². The Morgan fingerprint density at radius 1 is 1.14 bits per heavy atom. The molecule has 1 saturated heterocycles. The van der Waals surface area contributed by atoms with E-state index < -0.39 is 11.7 Å². The van der Waals surface area contributed by atoms with Crippen LogP contribution in [0.1, 0.15) is 21.5 Å². The largest absolute Gasteiger partial charge is 0.489 e. The number of carbonyl (C=O) groups excluding carboxylic acids is 1. The van der Waals surface area contributed by atoms with Crippen LogP contribution in [0.15, 0.2) is 73.1 Å². The van der Waals surface area contributed by atoms with Crippen LogP contribution < -0.4 is 15.0 Å². The number of carbonyl (C=O) groups is 1. The molecule has 1 unspecified atom stereocenters. The molecule has 0 bridgehead atoms.